The smallest absolute Gasteiger partial charge is 0.221 e. The minimum Gasteiger partial charge on any atom is -0.497 e. The summed E-state index contributed by atoms with van der Waals surface area (Å²) >= 11 is 0. The average molecular weight is 387 g/mol. The molecule has 0 spiro atoms. The van der Waals surface area contributed by atoms with Crippen molar-refractivity contribution in [1.29, 1.82) is 0 Å². The third kappa shape index (κ3) is 4.43. The SMILES string of the molecule is COc1ccc(C(NC(=O)CC2CCOc3ccccc32)c2ccccc2)cc1. The first-order valence-corrected chi connectivity index (χ1v) is 9.94. The zero-order valence-electron chi connectivity index (χ0n) is 16.5. The molecule has 148 valence electrons. The van der Waals surface area contributed by atoms with Crippen molar-refractivity contribution >= 4 is 5.91 Å². The van der Waals surface area contributed by atoms with E-state index in [1.807, 2.05) is 72.8 Å². The molecule has 0 saturated carbocycles. The first kappa shape index (κ1) is 19.1. The van der Waals surface area contributed by atoms with Gasteiger partial charge in [0.15, 0.2) is 0 Å². The Morgan fingerprint density at radius 3 is 2.45 bits per heavy atom. The van der Waals surface area contributed by atoms with Crippen LogP contribution in [0.1, 0.15) is 41.5 Å². The van der Waals surface area contributed by atoms with E-state index in [0.717, 1.165) is 34.6 Å². The van der Waals surface area contributed by atoms with Crippen LogP contribution in [0, 0.1) is 0 Å². The Balaban J connectivity index is 1.54. The van der Waals surface area contributed by atoms with Gasteiger partial charge in [-0.15, -0.1) is 0 Å². The Kier molecular flexibility index (Phi) is 5.80. The van der Waals surface area contributed by atoms with E-state index < -0.39 is 0 Å². The summed E-state index contributed by atoms with van der Waals surface area (Å²) in [5.41, 5.74) is 3.20. The van der Waals surface area contributed by atoms with Crippen LogP contribution in [0.2, 0.25) is 0 Å². The summed E-state index contributed by atoms with van der Waals surface area (Å²) in [6.07, 6.45) is 1.29. The topological polar surface area (TPSA) is 47.6 Å². The maximum Gasteiger partial charge on any atom is 0.221 e. The molecule has 2 atom stereocenters. The number of benzene rings is 3. The van der Waals surface area contributed by atoms with Crippen LogP contribution in [0.3, 0.4) is 0 Å². The van der Waals surface area contributed by atoms with E-state index in [0.29, 0.717) is 13.0 Å². The van der Waals surface area contributed by atoms with Gasteiger partial charge in [0.05, 0.1) is 19.8 Å². The fourth-order valence-corrected chi connectivity index (χ4v) is 3.87. The van der Waals surface area contributed by atoms with Crippen LogP contribution in [0.25, 0.3) is 0 Å². The lowest BCUT2D eigenvalue weighted by atomic mass is 9.89. The molecule has 4 rings (SSSR count). The second-order valence-corrected chi connectivity index (χ2v) is 7.26. The van der Waals surface area contributed by atoms with E-state index in [1.165, 1.54) is 0 Å². The number of amides is 1. The number of rotatable bonds is 6. The molecule has 1 N–H and O–H groups in total. The van der Waals surface area contributed by atoms with E-state index >= 15 is 0 Å². The van der Waals surface area contributed by atoms with Gasteiger partial charge < -0.3 is 14.8 Å². The lowest BCUT2D eigenvalue weighted by Gasteiger charge is -2.27. The Morgan fingerprint density at radius 2 is 1.69 bits per heavy atom. The molecule has 3 aromatic carbocycles. The fourth-order valence-electron chi connectivity index (χ4n) is 3.87. The lowest BCUT2D eigenvalue weighted by molar-refractivity contribution is -0.122. The first-order chi connectivity index (χ1) is 14.2. The lowest BCUT2D eigenvalue weighted by Crippen LogP contribution is -2.31. The minimum atomic E-state index is -0.204. The van der Waals surface area contributed by atoms with Gasteiger partial charge >= 0.3 is 0 Å². The summed E-state index contributed by atoms with van der Waals surface area (Å²) < 4.78 is 11.0. The largest absolute Gasteiger partial charge is 0.497 e. The van der Waals surface area contributed by atoms with Gasteiger partial charge in [-0.1, -0.05) is 60.7 Å². The van der Waals surface area contributed by atoms with Crippen LogP contribution in [-0.2, 0) is 4.79 Å². The maximum absolute atomic E-state index is 13.0. The molecule has 2 unspecified atom stereocenters. The molecule has 4 nitrogen and oxygen atoms in total. The highest BCUT2D eigenvalue weighted by atomic mass is 16.5. The predicted molar refractivity (Wildman–Crippen MR) is 113 cm³/mol. The summed E-state index contributed by atoms with van der Waals surface area (Å²) in [7, 11) is 1.65. The van der Waals surface area contributed by atoms with Gasteiger partial charge in [0.2, 0.25) is 5.91 Å². The van der Waals surface area contributed by atoms with Crippen molar-refractivity contribution in [1.82, 2.24) is 5.32 Å². The zero-order chi connectivity index (χ0) is 20.1. The molecule has 0 aromatic heterocycles. The number of carbonyl (C=O) groups is 1. The second kappa shape index (κ2) is 8.82. The Hall–Kier alpha value is -3.27. The molecule has 1 heterocycles. The number of para-hydroxylation sites is 1. The first-order valence-electron chi connectivity index (χ1n) is 9.94. The Morgan fingerprint density at radius 1 is 1.00 bits per heavy atom. The number of methoxy groups -OCH3 is 1. The number of hydrogen-bond acceptors (Lipinski definition) is 3. The van der Waals surface area contributed by atoms with Crippen LogP contribution in [0.4, 0.5) is 0 Å². The summed E-state index contributed by atoms with van der Waals surface area (Å²) in [5.74, 6) is 1.90. The van der Waals surface area contributed by atoms with Crippen LogP contribution in [0.15, 0.2) is 78.9 Å². The third-order valence-corrected chi connectivity index (χ3v) is 5.40. The highest BCUT2D eigenvalue weighted by Crippen LogP contribution is 2.35. The van der Waals surface area contributed by atoms with Crippen molar-refractivity contribution in [2.75, 3.05) is 13.7 Å². The summed E-state index contributed by atoms with van der Waals surface area (Å²) in [6.45, 7) is 0.648. The highest BCUT2D eigenvalue weighted by Gasteiger charge is 2.25. The molecule has 3 aromatic rings. The normalized spacial score (nSPS) is 16.2. The van der Waals surface area contributed by atoms with Crippen molar-refractivity contribution in [3.05, 3.63) is 95.6 Å². The number of ether oxygens (including phenoxy) is 2. The second-order valence-electron chi connectivity index (χ2n) is 7.26. The van der Waals surface area contributed by atoms with Gasteiger partial charge in [0.1, 0.15) is 11.5 Å². The van der Waals surface area contributed by atoms with Crippen molar-refractivity contribution in [3.8, 4) is 11.5 Å². The van der Waals surface area contributed by atoms with Crippen molar-refractivity contribution in [3.63, 3.8) is 0 Å². The molecule has 0 fully saturated rings. The molecule has 1 amide bonds. The van der Waals surface area contributed by atoms with Crippen LogP contribution in [0.5, 0.6) is 11.5 Å². The molecular formula is C25H25NO3. The number of nitrogens with one attached hydrogen (secondary N) is 1. The van der Waals surface area contributed by atoms with Gasteiger partial charge in [0.25, 0.3) is 0 Å². The molecule has 4 heteroatoms. The fraction of sp³-hybridized carbons (Fsp3) is 0.240. The average Bonchev–Trinajstić information content (AvgIpc) is 2.78. The van der Waals surface area contributed by atoms with Gasteiger partial charge in [-0.25, -0.2) is 0 Å². The molecule has 1 aliphatic rings. The van der Waals surface area contributed by atoms with Crippen LogP contribution < -0.4 is 14.8 Å². The molecule has 0 bridgehead atoms. The number of fused-ring (bicyclic) bond motifs is 1. The minimum absolute atomic E-state index is 0.0383. The predicted octanol–water partition coefficient (Wildman–Crippen LogP) is 4.86. The van der Waals surface area contributed by atoms with Gasteiger partial charge in [-0.3, -0.25) is 4.79 Å². The summed E-state index contributed by atoms with van der Waals surface area (Å²) in [5, 5.41) is 3.24. The van der Waals surface area contributed by atoms with Crippen LogP contribution >= 0.6 is 0 Å². The standard InChI is InChI=1S/C25H25NO3/c1-28-21-13-11-19(12-14-21)25(18-7-3-2-4-8-18)26-24(27)17-20-15-16-29-23-10-6-5-9-22(20)23/h2-14,20,25H,15-17H2,1H3,(H,26,27). The molecule has 0 saturated heterocycles. The quantitative estimate of drug-likeness (QED) is 0.657. The summed E-state index contributed by atoms with van der Waals surface area (Å²) in [4.78, 5) is 13.0. The van der Waals surface area contributed by atoms with Crippen molar-refractivity contribution in [2.45, 2.75) is 24.8 Å². The summed E-state index contributed by atoms with van der Waals surface area (Å²) in [6, 6.07) is 25.7. The van der Waals surface area contributed by atoms with Gasteiger partial charge in [0, 0.05) is 6.42 Å². The van der Waals surface area contributed by atoms with E-state index in [2.05, 4.69) is 11.4 Å². The van der Waals surface area contributed by atoms with Crippen molar-refractivity contribution < 1.29 is 14.3 Å². The van der Waals surface area contributed by atoms with Gasteiger partial charge in [-0.2, -0.15) is 0 Å². The van der Waals surface area contributed by atoms with Gasteiger partial charge in [-0.05, 0) is 47.2 Å². The molecule has 29 heavy (non-hydrogen) atoms. The van der Waals surface area contributed by atoms with Crippen LogP contribution in [-0.4, -0.2) is 19.6 Å². The highest BCUT2D eigenvalue weighted by molar-refractivity contribution is 5.78. The molecule has 0 radical (unpaired) electrons. The van der Waals surface area contributed by atoms with E-state index in [9.17, 15) is 4.79 Å². The molecule has 1 aliphatic heterocycles. The van der Waals surface area contributed by atoms with E-state index in [4.69, 9.17) is 9.47 Å². The zero-order valence-corrected chi connectivity index (χ0v) is 16.5. The molecular weight excluding hydrogens is 362 g/mol. The van der Waals surface area contributed by atoms with E-state index in [-0.39, 0.29) is 17.9 Å². The maximum atomic E-state index is 13.0. The Bertz CT molecular complexity index is 953. The van der Waals surface area contributed by atoms with Crippen molar-refractivity contribution in [2.24, 2.45) is 0 Å². The molecule has 0 aliphatic carbocycles. The third-order valence-electron chi connectivity index (χ3n) is 5.40. The Labute approximate surface area is 171 Å². The number of carbonyl (C=O) groups excluding carboxylic acids is 1. The van der Waals surface area contributed by atoms with E-state index in [1.54, 1.807) is 7.11 Å². The monoisotopic (exact) mass is 387 g/mol. The number of hydrogen-bond donors (Lipinski definition) is 1.